The van der Waals surface area contributed by atoms with E-state index in [0.717, 1.165) is 5.56 Å². The number of aromatic hydroxyl groups is 2. The topological polar surface area (TPSA) is 86.7 Å². The van der Waals surface area contributed by atoms with E-state index in [1.807, 2.05) is 0 Å². The zero-order valence-electron chi connectivity index (χ0n) is 7.14. The SMILES string of the molecule is NC(CO)Cc1ccc(O)c(O)c1. The summed E-state index contributed by atoms with van der Waals surface area (Å²) in [6.45, 7) is -0.0956. The molecule has 0 heterocycles. The van der Waals surface area contributed by atoms with Crippen molar-refractivity contribution in [3.8, 4) is 11.5 Å². The van der Waals surface area contributed by atoms with Crippen molar-refractivity contribution in [3.63, 3.8) is 0 Å². The summed E-state index contributed by atoms with van der Waals surface area (Å²) in [4.78, 5) is 0. The number of phenolic OH excluding ortho intramolecular Hbond substituents is 2. The number of hydrogen-bond acceptors (Lipinski definition) is 4. The molecule has 0 aromatic heterocycles. The van der Waals surface area contributed by atoms with E-state index in [2.05, 4.69) is 0 Å². The van der Waals surface area contributed by atoms with E-state index < -0.39 is 0 Å². The van der Waals surface area contributed by atoms with Crippen LogP contribution in [0.5, 0.6) is 11.5 Å². The van der Waals surface area contributed by atoms with Gasteiger partial charge in [-0.3, -0.25) is 0 Å². The second-order valence-electron chi connectivity index (χ2n) is 2.97. The quantitative estimate of drug-likeness (QED) is 0.495. The van der Waals surface area contributed by atoms with Gasteiger partial charge in [-0.05, 0) is 24.1 Å². The van der Waals surface area contributed by atoms with Gasteiger partial charge in [-0.15, -0.1) is 0 Å². The molecule has 1 aromatic carbocycles. The molecule has 1 aromatic rings. The minimum Gasteiger partial charge on any atom is -0.504 e. The molecule has 0 amide bonds. The third-order valence-electron chi connectivity index (χ3n) is 1.77. The summed E-state index contributed by atoms with van der Waals surface area (Å²) in [5.74, 6) is -0.316. The van der Waals surface area contributed by atoms with Crippen LogP contribution in [-0.2, 0) is 6.42 Å². The lowest BCUT2D eigenvalue weighted by molar-refractivity contribution is 0.265. The van der Waals surface area contributed by atoms with Gasteiger partial charge in [0.2, 0.25) is 0 Å². The molecule has 0 aliphatic rings. The van der Waals surface area contributed by atoms with E-state index in [1.54, 1.807) is 6.07 Å². The van der Waals surface area contributed by atoms with Gasteiger partial charge in [0.15, 0.2) is 11.5 Å². The maximum Gasteiger partial charge on any atom is 0.157 e. The van der Waals surface area contributed by atoms with Crippen LogP contribution in [0.25, 0.3) is 0 Å². The fraction of sp³-hybridized carbons (Fsp3) is 0.333. The summed E-state index contributed by atoms with van der Waals surface area (Å²) >= 11 is 0. The maximum atomic E-state index is 9.13. The van der Waals surface area contributed by atoms with Crippen molar-refractivity contribution in [2.45, 2.75) is 12.5 Å². The van der Waals surface area contributed by atoms with Crippen molar-refractivity contribution in [1.82, 2.24) is 0 Å². The van der Waals surface area contributed by atoms with Crippen molar-refractivity contribution in [3.05, 3.63) is 23.8 Å². The normalized spacial score (nSPS) is 12.8. The zero-order chi connectivity index (χ0) is 9.84. The van der Waals surface area contributed by atoms with E-state index >= 15 is 0 Å². The van der Waals surface area contributed by atoms with E-state index in [9.17, 15) is 0 Å². The number of benzene rings is 1. The first-order valence-corrected chi connectivity index (χ1v) is 4.00. The highest BCUT2D eigenvalue weighted by atomic mass is 16.3. The fourth-order valence-corrected chi connectivity index (χ4v) is 1.06. The van der Waals surface area contributed by atoms with Crippen molar-refractivity contribution in [2.75, 3.05) is 6.61 Å². The maximum absolute atomic E-state index is 9.13. The van der Waals surface area contributed by atoms with Crippen molar-refractivity contribution < 1.29 is 15.3 Å². The smallest absolute Gasteiger partial charge is 0.157 e. The minimum absolute atomic E-state index is 0.0956. The van der Waals surface area contributed by atoms with Gasteiger partial charge < -0.3 is 21.1 Å². The largest absolute Gasteiger partial charge is 0.504 e. The van der Waals surface area contributed by atoms with Crippen LogP contribution in [0.4, 0.5) is 0 Å². The lowest BCUT2D eigenvalue weighted by Gasteiger charge is -2.08. The molecule has 72 valence electrons. The number of nitrogens with two attached hydrogens (primary N) is 1. The lowest BCUT2D eigenvalue weighted by Crippen LogP contribution is -2.26. The molecule has 0 bridgehead atoms. The van der Waals surface area contributed by atoms with Crippen LogP contribution in [0, 0.1) is 0 Å². The van der Waals surface area contributed by atoms with Crippen LogP contribution < -0.4 is 5.73 Å². The van der Waals surface area contributed by atoms with E-state index in [1.165, 1.54) is 12.1 Å². The molecule has 1 unspecified atom stereocenters. The van der Waals surface area contributed by atoms with Crippen molar-refractivity contribution in [2.24, 2.45) is 5.73 Å². The Hall–Kier alpha value is -1.26. The van der Waals surface area contributed by atoms with Gasteiger partial charge in [-0.1, -0.05) is 6.07 Å². The van der Waals surface area contributed by atoms with Gasteiger partial charge >= 0.3 is 0 Å². The third-order valence-corrected chi connectivity index (χ3v) is 1.77. The van der Waals surface area contributed by atoms with Gasteiger partial charge in [-0.2, -0.15) is 0 Å². The van der Waals surface area contributed by atoms with Crippen LogP contribution in [0.15, 0.2) is 18.2 Å². The molecule has 0 fully saturated rings. The molecule has 1 rings (SSSR count). The third kappa shape index (κ3) is 2.61. The highest BCUT2D eigenvalue weighted by Crippen LogP contribution is 2.25. The number of hydrogen-bond donors (Lipinski definition) is 4. The first-order valence-electron chi connectivity index (χ1n) is 4.00. The number of aliphatic hydroxyl groups is 1. The van der Waals surface area contributed by atoms with Crippen LogP contribution in [0.3, 0.4) is 0 Å². The Balaban J connectivity index is 2.73. The van der Waals surface area contributed by atoms with Crippen LogP contribution in [0.1, 0.15) is 5.56 Å². The van der Waals surface area contributed by atoms with Crippen molar-refractivity contribution in [1.29, 1.82) is 0 Å². The average molecular weight is 183 g/mol. The summed E-state index contributed by atoms with van der Waals surface area (Å²) in [5, 5.41) is 26.8. The predicted molar refractivity (Wildman–Crippen MR) is 48.5 cm³/mol. The van der Waals surface area contributed by atoms with Gasteiger partial charge in [0.25, 0.3) is 0 Å². The number of phenols is 2. The zero-order valence-corrected chi connectivity index (χ0v) is 7.14. The Morgan fingerprint density at radius 3 is 2.46 bits per heavy atom. The molecule has 1 atom stereocenters. The first-order chi connectivity index (χ1) is 6.13. The van der Waals surface area contributed by atoms with Gasteiger partial charge in [-0.25, -0.2) is 0 Å². The lowest BCUT2D eigenvalue weighted by atomic mass is 10.1. The summed E-state index contributed by atoms with van der Waals surface area (Å²) in [6.07, 6.45) is 0.477. The second kappa shape index (κ2) is 4.11. The summed E-state index contributed by atoms with van der Waals surface area (Å²) in [5.41, 5.74) is 6.29. The van der Waals surface area contributed by atoms with Crippen LogP contribution in [-0.4, -0.2) is 28.0 Å². The Morgan fingerprint density at radius 1 is 1.23 bits per heavy atom. The Morgan fingerprint density at radius 2 is 1.92 bits per heavy atom. The molecule has 0 radical (unpaired) electrons. The number of rotatable bonds is 3. The monoisotopic (exact) mass is 183 g/mol. The minimum atomic E-state index is -0.330. The van der Waals surface area contributed by atoms with Crippen LogP contribution >= 0.6 is 0 Å². The predicted octanol–water partition coefficient (Wildman–Crippen LogP) is -0.0401. The average Bonchev–Trinajstić information content (AvgIpc) is 2.11. The molecule has 4 nitrogen and oxygen atoms in total. The summed E-state index contributed by atoms with van der Waals surface area (Å²) < 4.78 is 0. The Bertz CT molecular complexity index is 288. The van der Waals surface area contributed by atoms with E-state index in [4.69, 9.17) is 21.1 Å². The molecule has 0 saturated heterocycles. The summed E-state index contributed by atoms with van der Waals surface area (Å²) in [6, 6.07) is 4.16. The number of aliphatic hydroxyl groups excluding tert-OH is 1. The molecule has 4 heteroatoms. The van der Waals surface area contributed by atoms with E-state index in [-0.39, 0.29) is 24.1 Å². The molecule has 0 aliphatic carbocycles. The second-order valence-corrected chi connectivity index (χ2v) is 2.97. The summed E-state index contributed by atoms with van der Waals surface area (Å²) in [7, 11) is 0. The van der Waals surface area contributed by atoms with Crippen LogP contribution in [0.2, 0.25) is 0 Å². The van der Waals surface area contributed by atoms with Gasteiger partial charge in [0, 0.05) is 6.04 Å². The standard InChI is InChI=1S/C9H13NO3/c10-7(5-11)3-6-1-2-8(12)9(13)4-6/h1-2,4,7,11-13H,3,5,10H2. The molecule has 0 saturated carbocycles. The molecular formula is C9H13NO3. The van der Waals surface area contributed by atoms with E-state index in [0.29, 0.717) is 6.42 Å². The van der Waals surface area contributed by atoms with Crippen molar-refractivity contribution >= 4 is 0 Å². The molecule has 0 spiro atoms. The highest BCUT2D eigenvalue weighted by Gasteiger charge is 2.04. The molecule has 5 N–H and O–H groups in total. The Kier molecular flexibility index (Phi) is 3.11. The van der Waals surface area contributed by atoms with Gasteiger partial charge in [0.1, 0.15) is 0 Å². The molecule has 0 aliphatic heterocycles. The van der Waals surface area contributed by atoms with Gasteiger partial charge in [0.05, 0.1) is 6.61 Å². The first kappa shape index (κ1) is 9.83. The Labute approximate surface area is 76.2 Å². The fourth-order valence-electron chi connectivity index (χ4n) is 1.06. The highest BCUT2D eigenvalue weighted by molar-refractivity contribution is 5.40. The molecule has 13 heavy (non-hydrogen) atoms. The molecular weight excluding hydrogens is 170 g/mol.